The predicted molar refractivity (Wildman–Crippen MR) is 101 cm³/mol. The second-order valence-electron chi connectivity index (χ2n) is 7.18. The highest BCUT2D eigenvalue weighted by Gasteiger charge is 2.37. The van der Waals surface area contributed by atoms with Gasteiger partial charge >= 0.3 is 0 Å². The zero-order valence-electron chi connectivity index (χ0n) is 15.0. The average molecular weight is 367 g/mol. The van der Waals surface area contributed by atoms with Crippen LogP contribution in [0.5, 0.6) is 0 Å². The van der Waals surface area contributed by atoms with Gasteiger partial charge in [0.15, 0.2) is 0 Å². The first-order valence-corrected chi connectivity index (χ1v) is 9.29. The maximum Gasteiger partial charge on any atom is 0.251 e. The van der Waals surface area contributed by atoms with E-state index in [0.29, 0.717) is 18.7 Å². The van der Waals surface area contributed by atoms with Crippen LogP contribution in [0, 0.1) is 5.82 Å². The fourth-order valence-corrected chi connectivity index (χ4v) is 4.20. The number of fused-ring (bicyclic) bond motifs is 1. The number of carbonyl (C=O) groups is 2. The molecule has 2 aromatic carbocycles. The molecule has 1 aliphatic heterocycles. The second kappa shape index (κ2) is 7.02. The average Bonchev–Trinajstić information content (AvgIpc) is 3.01. The quantitative estimate of drug-likeness (QED) is 0.872. The van der Waals surface area contributed by atoms with Gasteiger partial charge in [-0.3, -0.25) is 9.59 Å². The zero-order chi connectivity index (χ0) is 19.0. The van der Waals surface area contributed by atoms with Crippen molar-refractivity contribution in [3.8, 4) is 0 Å². The van der Waals surface area contributed by atoms with Crippen molar-refractivity contribution < 1.29 is 14.0 Å². The Kier molecular flexibility index (Phi) is 4.56. The molecule has 2 amide bonds. The molecule has 1 fully saturated rings. The number of carbonyl (C=O) groups excluding carboxylic acids is 2. The van der Waals surface area contributed by atoms with Gasteiger partial charge in [0.05, 0.1) is 11.6 Å². The Morgan fingerprint density at radius 1 is 1.19 bits per heavy atom. The molecule has 2 aliphatic rings. The molecule has 0 bridgehead atoms. The number of anilines is 1. The van der Waals surface area contributed by atoms with Crippen LogP contribution in [-0.2, 0) is 11.2 Å². The lowest BCUT2D eigenvalue weighted by atomic mass is 9.87. The lowest BCUT2D eigenvalue weighted by Crippen LogP contribution is -2.37. The molecule has 2 atom stereocenters. The molecule has 4 rings (SSSR count). The zero-order valence-corrected chi connectivity index (χ0v) is 15.0. The Labute approximate surface area is 157 Å². The van der Waals surface area contributed by atoms with E-state index >= 15 is 0 Å². The molecule has 3 N–H and O–H groups in total. The first-order chi connectivity index (χ1) is 13.0. The van der Waals surface area contributed by atoms with Crippen molar-refractivity contribution in [3.05, 3.63) is 65.0 Å². The van der Waals surface area contributed by atoms with Crippen LogP contribution in [0.25, 0.3) is 0 Å². The van der Waals surface area contributed by atoms with Crippen LogP contribution in [0.1, 0.15) is 46.8 Å². The molecule has 140 valence electrons. The Morgan fingerprint density at radius 3 is 2.78 bits per heavy atom. The number of halogens is 1. The summed E-state index contributed by atoms with van der Waals surface area (Å²) in [4.78, 5) is 26.1. The van der Waals surface area contributed by atoms with Crippen LogP contribution in [0.3, 0.4) is 0 Å². The van der Waals surface area contributed by atoms with Crippen LogP contribution in [0.2, 0.25) is 0 Å². The first kappa shape index (κ1) is 17.5. The molecular formula is C21H22FN3O2. The van der Waals surface area contributed by atoms with Gasteiger partial charge in [-0.05, 0) is 55.0 Å². The molecule has 27 heavy (non-hydrogen) atoms. The van der Waals surface area contributed by atoms with Crippen molar-refractivity contribution in [2.45, 2.75) is 37.8 Å². The van der Waals surface area contributed by atoms with E-state index in [9.17, 15) is 14.0 Å². The first-order valence-electron chi connectivity index (χ1n) is 9.29. The smallest absolute Gasteiger partial charge is 0.251 e. The number of amides is 2. The minimum absolute atomic E-state index is 0.0380. The molecule has 1 heterocycles. The van der Waals surface area contributed by atoms with Gasteiger partial charge < -0.3 is 16.0 Å². The molecule has 1 saturated heterocycles. The van der Waals surface area contributed by atoms with E-state index in [1.165, 1.54) is 23.3 Å². The number of hydrogen-bond donors (Lipinski definition) is 2. The molecular weight excluding hydrogens is 345 g/mol. The summed E-state index contributed by atoms with van der Waals surface area (Å²) in [5, 5.41) is 3.11. The van der Waals surface area contributed by atoms with Crippen LogP contribution in [0.4, 0.5) is 10.1 Å². The summed E-state index contributed by atoms with van der Waals surface area (Å²) in [5.41, 5.74) is 8.02. The predicted octanol–water partition coefficient (Wildman–Crippen LogP) is 3.02. The number of nitrogens with zero attached hydrogens (tertiary/aromatic N) is 1. The van der Waals surface area contributed by atoms with E-state index in [2.05, 4.69) is 17.4 Å². The highest BCUT2D eigenvalue weighted by atomic mass is 19.1. The Balaban J connectivity index is 1.50. The summed E-state index contributed by atoms with van der Waals surface area (Å²) >= 11 is 0. The summed E-state index contributed by atoms with van der Waals surface area (Å²) in [6.45, 7) is 0.678. The van der Waals surface area contributed by atoms with Crippen molar-refractivity contribution in [3.63, 3.8) is 0 Å². The van der Waals surface area contributed by atoms with Crippen LogP contribution in [0.15, 0.2) is 42.5 Å². The Morgan fingerprint density at radius 2 is 2.00 bits per heavy atom. The van der Waals surface area contributed by atoms with E-state index < -0.39 is 17.8 Å². The van der Waals surface area contributed by atoms with Gasteiger partial charge in [-0.15, -0.1) is 0 Å². The lowest BCUT2D eigenvalue weighted by molar-refractivity contribution is -0.130. The SMILES string of the molecule is NC(=O)c1ccc(NC2CCN(C3CCCc4ccccc43)C2=O)cc1F. The Bertz CT molecular complexity index is 899. The highest BCUT2D eigenvalue weighted by Crippen LogP contribution is 2.37. The molecule has 1 aliphatic carbocycles. The van der Waals surface area contributed by atoms with Gasteiger partial charge in [0.2, 0.25) is 5.91 Å². The van der Waals surface area contributed by atoms with Crippen molar-refractivity contribution in [1.82, 2.24) is 4.90 Å². The van der Waals surface area contributed by atoms with Gasteiger partial charge in [-0.2, -0.15) is 0 Å². The maximum atomic E-state index is 14.0. The van der Waals surface area contributed by atoms with Crippen LogP contribution >= 0.6 is 0 Å². The number of likely N-dealkylation sites (tertiary alicyclic amines) is 1. The van der Waals surface area contributed by atoms with E-state index in [4.69, 9.17) is 5.73 Å². The van der Waals surface area contributed by atoms with Crippen molar-refractivity contribution in [2.24, 2.45) is 5.73 Å². The monoisotopic (exact) mass is 367 g/mol. The molecule has 6 heteroatoms. The lowest BCUT2D eigenvalue weighted by Gasteiger charge is -2.33. The molecule has 0 radical (unpaired) electrons. The second-order valence-corrected chi connectivity index (χ2v) is 7.18. The van der Waals surface area contributed by atoms with Crippen molar-refractivity contribution >= 4 is 17.5 Å². The van der Waals surface area contributed by atoms with Crippen molar-refractivity contribution in [2.75, 3.05) is 11.9 Å². The largest absolute Gasteiger partial charge is 0.374 e. The number of hydrogen-bond acceptors (Lipinski definition) is 3. The molecule has 5 nitrogen and oxygen atoms in total. The summed E-state index contributed by atoms with van der Waals surface area (Å²) in [6.07, 6.45) is 3.76. The van der Waals surface area contributed by atoms with Crippen LogP contribution in [-0.4, -0.2) is 29.3 Å². The summed E-state index contributed by atoms with van der Waals surface area (Å²) in [6, 6.07) is 12.2. The molecule has 2 unspecified atom stereocenters. The molecule has 0 aromatic heterocycles. The van der Waals surface area contributed by atoms with Crippen molar-refractivity contribution in [1.29, 1.82) is 0 Å². The van der Waals surface area contributed by atoms with Gasteiger partial charge in [0.1, 0.15) is 11.9 Å². The van der Waals surface area contributed by atoms with Gasteiger partial charge in [0.25, 0.3) is 5.91 Å². The third-order valence-corrected chi connectivity index (χ3v) is 5.53. The molecule has 2 aromatic rings. The summed E-state index contributed by atoms with van der Waals surface area (Å²) in [5.74, 6) is -1.45. The minimum Gasteiger partial charge on any atom is -0.374 e. The maximum absolute atomic E-state index is 14.0. The number of nitrogens with two attached hydrogens (primary N) is 1. The number of benzene rings is 2. The normalized spacial score (nSPS) is 21.8. The van der Waals surface area contributed by atoms with E-state index in [1.54, 1.807) is 6.07 Å². The van der Waals surface area contributed by atoms with E-state index in [1.807, 2.05) is 17.0 Å². The topological polar surface area (TPSA) is 75.4 Å². The van der Waals surface area contributed by atoms with Crippen LogP contribution < -0.4 is 11.1 Å². The minimum atomic E-state index is -0.807. The fourth-order valence-electron chi connectivity index (χ4n) is 4.20. The van der Waals surface area contributed by atoms with E-state index in [-0.39, 0.29) is 17.5 Å². The summed E-state index contributed by atoms with van der Waals surface area (Å²) in [7, 11) is 0. The molecule has 0 spiro atoms. The third-order valence-electron chi connectivity index (χ3n) is 5.53. The highest BCUT2D eigenvalue weighted by molar-refractivity contribution is 5.93. The Hall–Kier alpha value is -2.89. The summed E-state index contributed by atoms with van der Waals surface area (Å²) < 4.78 is 14.0. The number of nitrogens with one attached hydrogen (secondary N) is 1. The number of primary amides is 1. The number of aryl methyl sites for hydroxylation is 1. The van der Waals surface area contributed by atoms with Gasteiger partial charge in [-0.25, -0.2) is 4.39 Å². The third kappa shape index (κ3) is 3.27. The number of rotatable bonds is 4. The standard InChI is InChI=1S/C21H22FN3O2/c22-17-12-14(8-9-16(17)20(23)26)24-18-10-11-25(21(18)27)19-7-3-5-13-4-1-2-6-15(13)19/h1-2,4,6,8-9,12,18-19,24H,3,5,7,10-11H2,(H2,23,26). The molecule has 0 saturated carbocycles. The fraction of sp³-hybridized carbons (Fsp3) is 0.333. The van der Waals surface area contributed by atoms with Gasteiger partial charge in [0, 0.05) is 12.2 Å². The van der Waals surface area contributed by atoms with E-state index in [0.717, 1.165) is 19.3 Å². The van der Waals surface area contributed by atoms with Gasteiger partial charge in [-0.1, -0.05) is 24.3 Å².